The third-order valence-corrected chi connectivity index (χ3v) is 6.15. The third-order valence-electron chi connectivity index (χ3n) is 5.11. The molecule has 0 radical (unpaired) electrons. The van der Waals surface area contributed by atoms with E-state index in [1.165, 1.54) is 0 Å². The van der Waals surface area contributed by atoms with Crippen molar-refractivity contribution in [3.8, 4) is 11.4 Å². The molecule has 0 bridgehead atoms. The van der Waals surface area contributed by atoms with Crippen molar-refractivity contribution in [2.75, 3.05) is 31.1 Å². The summed E-state index contributed by atoms with van der Waals surface area (Å²) in [6, 6.07) is 13.5. The first-order chi connectivity index (χ1) is 14.8. The molecular formula is C21H20N6O2S. The largest absolute Gasteiger partial charge is 0.344 e. The molecule has 9 heteroatoms. The lowest BCUT2D eigenvalue weighted by atomic mass is 10.2. The summed E-state index contributed by atoms with van der Waals surface area (Å²) < 4.78 is 5.31. The van der Waals surface area contributed by atoms with E-state index in [4.69, 9.17) is 4.52 Å². The van der Waals surface area contributed by atoms with Gasteiger partial charge in [0.25, 0.3) is 0 Å². The molecule has 152 valence electrons. The number of thiazole rings is 1. The van der Waals surface area contributed by atoms with Gasteiger partial charge in [-0.1, -0.05) is 46.8 Å². The molecule has 0 atom stereocenters. The topological polar surface area (TPSA) is 88.3 Å². The van der Waals surface area contributed by atoms with Crippen LogP contribution in [-0.2, 0) is 11.2 Å². The van der Waals surface area contributed by atoms with Crippen molar-refractivity contribution >= 4 is 32.7 Å². The maximum Gasteiger partial charge on any atom is 0.227 e. The number of piperazine rings is 1. The van der Waals surface area contributed by atoms with Gasteiger partial charge in [-0.15, -0.1) is 0 Å². The highest BCUT2D eigenvalue weighted by atomic mass is 32.1. The normalized spacial score (nSPS) is 14.4. The SMILES string of the molecule is O=C(CCc1nc(-c2ccccc2)no1)N1CCN(c2nc3cccnc3s2)CC1. The zero-order valence-electron chi connectivity index (χ0n) is 16.3. The Labute approximate surface area is 177 Å². The summed E-state index contributed by atoms with van der Waals surface area (Å²) >= 11 is 1.59. The van der Waals surface area contributed by atoms with Gasteiger partial charge in [-0.3, -0.25) is 4.79 Å². The van der Waals surface area contributed by atoms with Crippen LogP contribution in [0.5, 0.6) is 0 Å². The minimum atomic E-state index is 0.111. The molecule has 1 saturated heterocycles. The molecule has 5 rings (SSSR count). The predicted octanol–water partition coefficient (Wildman–Crippen LogP) is 3.02. The summed E-state index contributed by atoms with van der Waals surface area (Å²) in [7, 11) is 0. The van der Waals surface area contributed by atoms with Crippen LogP contribution in [0.15, 0.2) is 53.2 Å². The van der Waals surface area contributed by atoms with Crippen LogP contribution < -0.4 is 4.90 Å². The van der Waals surface area contributed by atoms with E-state index in [0.717, 1.165) is 34.1 Å². The Morgan fingerprint density at radius 3 is 2.67 bits per heavy atom. The van der Waals surface area contributed by atoms with Crippen molar-refractivity contribution in [2.24, 2.45) is 0 Å². The Kier molecular flexibility index (Phi) is 5.10. The highest BCUT2D eigenvalue weighted by molar-refractivity contribution is 7.21. The second-order valence-electron chi connectivity index (χ2n) is 7.07. The summed E-state index contributed by atoms with van der Waals surface area (Å²) in [5.74, 6) is 1.15. The van der Waals surface area contributed by atoms with Crippen molar-refractivity contribution < 1.29 is 9.32 Å². The van der Waals surface area contributed by atoms with Crippen molar-refractivity contribution in [3.05, 3.63) is 54.6 Å². The fraction of sp³-hybridized carbons (Fsp3) is 0.286. The summed E-state index contributed by atoms with van der Waals surface area (Å²) in [4.78, 5) is 31.1. The predicted molar refractivity (Wildman–Crippen MR) is 114 cm³/mol. The molecular weight excluding hydrogens is 400 g/mol. The van der Waals surface area contributed by atoms with Gasteiger partial charge in [0, 0.05) is 50.8 Å². The number of benzene rings is 1. The van der Waals surface area contributed by atoms with Gasteiger partial charge in [0.15, 0.2) is 5.13 Å². The number of carbonyl (C=O) groups excluding carboxylic acids is 1. The van der Waals surface area contributed by atoms with Gasteiger partial charge in [-0.25, -0.2) is 9.97 Å². The Morgan fingerprint density at radius 1 is 1.03 bits per heavy atom. The van der Waals surface area contributed by atoms with E-state index < -0.39 is 0 Å². The lowest BCUT2D eigenvalue weighted by molar-refractivity contribution is -0.131. The van der Waals surface area contributed by atoms with Gasteiger partial charge in [-0.05, 0) is 12.1 Å². The molecule has 0 unspecified atom stereocenters. The molecule has 30 heavy (non-hydrogen) atoms. The molecule has 0 spiro atoms. The number of fused-ring (bicyclic) bond motifs is 1. The average molecular weight is 420 g/mol. The van der Waals surface area contributed by atoms with Crippen molar-refractivity contribution in [2.45, 2.75) is 12.8 Å². The van der Waals surface area contributed by atoms with E-state index in [0.29, 0.717) is 37.6 Å². The van der Waals surface area contributed by atoms with Crippen LogP contribution >= 0.6 is 11.3 Å². The van der Waals surface area contributed by atoms with E-state index in [2.05, 4.69) is 25.0 Å². The molecule has 0 saturated carbocycles. The van der Waals surface area contributed by atoms with Crippen LogP contribution in [0.25, 0.3) is 21.7 Å². The highest BCUT2D eigenvalue weighted by Gasteiger charge is 2.23. The molecule has 1 aliphatic rings. The van der Waals surface area contributed by atoms with Crippen LogP contribution in [0.3, 0.4) is 0 Å². The van der Waals surface area contributed by atoms with Gasteiger partial charge < -0.3 is 14.3 Å². The molecule has 1 fully saturated rings. The summed E-state index contributed by atoms with van der Waals surface area (Å²) in [6.45, 7) is 2.90. The molecule has 3 aromatic heterocycles. The van der Waals surface area contributed by atoms with Crippen LogP contribution in [0.4, 0.5) is 5.13 Å². The standard InChI is InChI=1S/C21H20N6O2S/c28-18(9-8-17-24-19(25-29-17)15-5-2-1-3-6-15)26-11-13-27(14-12-26)21-23-16-7-4-10-22-20(16)30-21/h1-7,10H,8-9,11-14H2. The number of carbonyl (C=O) groups is 1. The quantitative estimate of drug-likeness (QED) is 0.490. The smallest absolute Gasteiger partial charge is 0.227 e. The molecule has 8 nitrogen and oxygen atoms in total. The van der Waals surface area contributed by atoms with Crippen molar-refractivity contribution in [1.82, 2.24) is 25.0 Å². The minimum absolute atomic E-state index is 0.111. The molecule has 0 N–H and O–H groups in total. The summed E-state index contributed by atoms with van der Waals surface area (Å²) in [5, 5.41) is 4.98. The first kappa shape index (κ1) is 18.7. The molecule has 1 amide bonds. The van der Waals surface area contributed by atoms with Crippen LogP contribution in [0, 0.1) is 0 Å². The number of amides is 1. The number of hydrogen-bond acceptors (Lipinski definition) is 8. The third kappa shape index (κ3) is 3.88. The Bertz CT molecular complexity index is 1120. The minimum Gasteiger partial charge on any atom is -0.344 e. The van der Waals surface area contributed by atoms with E-state index in [1.54, 1.807) is 17.5 Å². The maximum atomic E-state index is 12.6. The zero-order chi connectivity index (χ0) is 20.3. The second-order valence-corrected chi connectivity index (χ2v) is 8.03. The lowest BCUT2D eigenvalue weighted by Crippen LogP contribution is -2.48. The number of hydrogen-bond donors (Lipinski definition) is 0. The van der Waals surface area contributed by atoms with Gasteiger partial charge >= 0.3 is 0 Å². The number of nitrogens with zero attached hydrogens (tertiary/aromatic N) is 6. The van der Waals surface area contributed by atoms with E-state index in [9.17, 15) is 4.79 Å². The Morgan fingerprint density at radius 2 is 1.87 bits per heavy atom. The van der Waals surface area contributed by atoms with Crippen LogP contribution in [0.1, 0.15) is 12.3 Å². The second kappa shape index (κ2) is 8.19. The fourth-order valence-corrected chi connectivity index (χ4v) is 4.43. The average Bonchev–Trinajstić information content (AvgIpc) is 3.45. The summed E-state index contributed by atoms with van der Waals surface area (Å²) in [5.41, 5.74) is 1.82. The summed E-state index contributed by atoms with van der Waals surface area (Å²) in [6.07, 6.45) is 2.59. The first-order valence-electron chi connectivity index (χ1n) is 9.88. The number of aryl methyl sites for hydroxylation is 1. The Hall–Kier alpha value is -3.33. The lowest BCUT2D eigenvalue weighted by Gasteiger charge is -2.34. The van der Waals surface area contributed by atoms with Gasteiger partial charge in [-0.2, -0.15) is 4.98 Å². The van der Waals surface area contributed by atoms with E-state index in [-0.39, 0.29) is 5.91 Å². The van der Waals surface area contributed by atoms with Crippen LogP contribution in [-0.4, -0.2) is 57.1 Å². The monoisotopic (exact) mass is 420 g/mol. The van der Waals surface area contributed by atoms with Crippen molar-refractivity contribution in [1.29, 1.82) is 0 Å². The first-order valence-corrected chi connectivity index (χ1v) is 10.7. The van der Waals surface area contributed by atoms with Gasteiger partial charge in [0.05, 0.1) is 0 Å². The molecule has 4 aromatic rings. The van der Waals surface area contributed by atoms with Gasteiger partial charge in [0.2, 0.25) is 17.6 Å². The number of aromatic nitrogens is 4. The Balaban J connectivity index is 1.14. The number of anilines is 1. The van der Waals surface area contributed by atoms with Gasteiger partial charge in [0.1, 0.15) is 10.3 Å². The number of rotatable bonds is 5. The van der Waals surface area contributed by atoms with Crippen LogP contribution in [0.2, 0.25) is 0 Å². The number of pyridine rings is 1. The maximum absolute atomic E-state index is 12.6. The highest BCUT2D eigenvalue weighted by Crippen LogP contribution is 2.27. The molecule has 0 aliphatic carbocycles. The fourth-order valence-electron chi connectivity index (χ4n) is 3.47. The molecule has 1 aromatic carbocycles. The molecule has 4 heterocycles. The van der Waals surface area contributed by atoms with E-state index in [1.807, 2.05) is 47.4 Å². The molecule has 1 aliphatic heterocycles. The van der Waals surface area contributed by atoms with Crippen molar-refractivity contribution in [3.63, 3.8) is 0 Å². The zero-order valence-corrected chi connectivity index (χ0v) is 17.1. The van der Waals surface area contributed by atoms with E-state index >= 15 is 0 Å².